The molecule has 1 N–H and O–H groups in total. The van der Waals surface area contributed by atoms with E-state index in [1.807, 2.05) is 12.4 Å². The van der Waals surface area contributed by atoms with Gasteiger partial charge in [-0.1, -0.05) is 6.92 Å². The Bertz CT molecular complexity index is 876. The van der Waals surface area contributed by atoms with Gasteiger partial charge in [0.15, 0.2) is 0 Å². The molecule has 1 fully saturated rings. The summed E-state index contributed by atoms with van der Waals surface area (Å²) in [7, 11) is 0. The van der Waals surface area contributed by atoms with E-state index in [0.717, 1.165) is 60.2 Å². The summed E-state index contributed by atoms with van der Waals surface area (Å²) >= 11 is 0. The topological polar surface area (TPSA) is 73.5 Å². The Morgan fingerprint density at radius 1 is 1.39 bits per heavy atom. The number of nitrogens with one attached hydrogen (secondary N) is 1. The highest BCUT2D eigenvalue weighted by Crippen LogP contribution is 2.27. The normalized spacial score (nSPS) is 16.3. The van der Waals surface area contributed by atoms with E-state index < -0.39 is 0 Å². The van der Waals surface area contributed by atoms with E-state index in [-0.39, 0.29) is 0 Å². The van der Waals surface area contributed by atoms with E-state index >= 15 is 0 Å². The van der Waals surface area contributed by atoms with Crippen LogP contribution in [0.1, 0.15) is 32.0 Å². The minimum absolute atomic E-state index is 0.532. The van der Waals surface area contributed by atoms with Gasteiger partial charge in [0.2, 0.25) is 0 Å². The Morgan fingerprint density at radius 3 is 2.96 bits per heavy atom. The maximum atomic E-state index is 8.90. The monoisotopic (exact) mass is 308 g/mol. The van der Waals surface area contributed by atoms with Crippen molar-refractivity contribution in [2.24, 2.45) is 5.92 Å². The van der Waals surface area contributed by atoms with Crippen LogP contribution in [-0.2, 0) is 6.42 Å². The van der Waals surface area contributed by atoms with E-state index in [1.54, 1.807) is 0 Å². The number of aromatic amines is 1. The molecule has 0 bridgehead atoms. The smallest absolute Gasteiger partial charge is 0.139 e. The van der Waals surface area contributed by atoms with Gasteiger partial charge in [0.05, 0.1) is 12.3 Å². The predicted octanol–water partition coefficient (Wildman–Crippen LogP) is 2.74. The number of rotatable bonds is 3. The van der Waals surface area contributed by atoms with Crippen LogP contribution < -0.4 is 5.01 Å². The van der Waals surface area contributed by atoms with Crippen molar-refractivity contribution in [1.82, 2.24) is 19.6 Å². The van der Waals surface area contributed by atoms with Crippen LogP contribution >= 0.6 is 0 Å². The van der Waals surface area contributed by atoms with Gasteiger partial charge in [-0.05, 0) is 24.8 Å². The number of H-pyrrole nitrogens is 1. The van der Waals surface area contributed by atoms with Gasteiger partial charge in [-0.15, -0.1) is 0 Å². The zero-order chi connectivity index (χ0) is 15.8. The molecule has 1 saturated heterocycles. The van der Waals surface area contributed by atoms with Gasteiger partial charge in [-0.25, -0.2) is 14.6 Å². The summed E-state index contributed by atoms with van der Waals surface area (Å²) in [6.45, 7) is 4.08. The van der Waals surface area contributed by atoms with Crippen LogP contribution in [0.15, 0.2) is 18.5 Å². The van der Waals surface area contributed by atoms with Gasteiger partial charge in [0.25, 0.3) is 0 Å². The molecular weight excluding hydrogens is 288 g/mol. The molecule has 0 saturated carbocycles. The van der Waals surface area contributed by atoms with Gasteiger partial charge in [-0.2, -0.15) is 5.26 Å². The molecule has 3 aromatic rings. The summed E-state index contributed by atoms with van der Waals surface area (Å²) < 4.78 is 2.29. The van der Waals surface area contributed by atoms with Crippen molar-refractivity contribution in [1.29, 1.82) is 5.26 Å². The average molecular weight is 308 g/mol. The molecular formula is C17H20N6. The first kappa shape index (κ1) is 14.1. The molecule has 118 valence electrons. The number of piperidine rings is 1. The third-order valence-corrected chi connectivity index (χ3v) is 4.81. The van der Waals surface area contributed by atoms with Gasteiger partial charge in [0, 0.05) is 37.5 Å². The Hall–Kier alpha value is -2.55. The van der Waals surface area contributed by atoms with Crippen molar-refractivity contribution in [3.63, 3.8) is 0 Å². The zero-order valence-corrected chi connectivity index (χ0v) is 13.3. The molecule has 1 aliphatic rings. The van der Waals surface area contributed by atoms with Gasteiger partial charge >= 0.3 is 0 Å². The molecule has 0 aromatic carbocycles. The van der Waals surface area contributed by atoms with Crippen molar-refractivity contribution < 1.29 is 0 Å². The van der Waals surface area contributed by atoms with Crippen LogP contribution in [-0.4, -0.2) is 32.7 Å². The molecule has 6 heteroatoms. The first-order valence-electron chi connectivity index (χ1n) is 8.27. The molecule has 6 nitrogen and oxygen atoms in total. The van der Waals surface area contributed by atoms with E-state index in [0.29, 0.717) is 12.3 Å². The van der Waals surface area contributed by atoms with Crippen LogP contribution in [0.25, 0.3) is 22.1 Å². The van der Waals surface area contributed by atoms with Crippen molar-refractivity contribution in [2.75, 3.05) is 18.1 Å². The summed E-state index contributed by atoms with van der Waals surface area (Å²) in [5.74, 6) is 1.61. The summed E-state index contributed by atoms with van der Waals surface area (Å²) in [6.07, 6.45) is 7.48. The van der Waals surface area contributed by atoms with Gasteiger partial charge in [-0.3, -0.25) is 0 Å². The second-order valence-electron chi connectivity index (χ2n) is 6.18. The van der Waals surface area contributed by atoms with Crippen LogP contribution in [0.5, 0.6) is 0 Å². The predicted molar refractivity (Wildman–Crippen MR) is 89.7 cm³/mol. The Balaban J connectivity index is 1.79. The lowest BCUT2D eigenvalue weighted by atomic mass is 9.95. The summed E-state index contributed by atoms with van der Waals surface area (Å²) in [5, 5.41) is 12.4. The second-order valence-corrected chi connectivity index (χ2v) is 6.18. The maximum absolute atomic E-state index is 8.90. The minimum atomic E-state index is 0.532. The van der Waals surface area contributed by atoms with Gasteiger partial charge < -0.3 is 9.99 Å². The van der Waals surface area contributed by atoms with Crippen molar-refractivity contribution in [3.05, 3.63) is 24.3 Å². The fourth-order valence-corrected chi connectivity index (χ4v) is 3.59. The molecule has 0 unspecified atom stereocenters. The number of hydrogen-bond donors (Lipinski definition) is 1. The SMILES string of the molecule is CCc1nc2cnc3[nH]ccc3c2n1N1CCC(CC#N)CC1. The third-order valence-electron chi connectivity index (χ3n) is 4.81. The second kappa shape index (κ2) is 5.58. The first-order chi connectivity index (χ1) is 11.3. The highest BCUT2D eigenvalue weighted by Gasteiger charge is 2.23. The van der Waals surface area contributed by atoms with Crippen molar-refractivity contribution in [3.8, 4) is 6.07 Å². The molecule has 23 heavy (non-hydrogen) atoms. The van der Waals surface area contributed by atoms with Crippen LogP contribution in [0, 0.1) is 17.2 Å². The third kappa shape index (κ3) is 2.24. The van der Waals surface area contributed by atoms with Gasteiger partial charge in [0.1, 0.15) is 22.5 Å². The molecule has 0 amide bonds. The first-order valence-corrected chi connectivity index (χ1v) is 8.27. The van der Waals surface area contributed by atoms with Crippen molar-refractivity contribution in [2.45, 2.75) is 32.6 Å². The lowest BCUT2D eigenvalue weighted by Crippen LogP contribution is -2.42. The molecule has 1 aliphatic heterocycles. The summed E-state index contributed by atoms with van der Waals surface area (Å²) in [6, 6.07) is 4.38. The lowest BCUT2D eigenvalue weighted by molar-refractivity contribution is 0.368. The Labute approximate surface area is 134 Å². The molecule has 4 heterocycles. The largest absolute Gasteiger partial charge is 0.346 e. The fourth-order valence-electron chi connectivity index (χ4n) is 3.59. The highest BCUT2D eigenvalue weighted by molar-refractivity contribution is 6.01. The Morgan fingerprint density at radius 2 is 2.22 bits per heavy atom. The van der Waals surface area contributed by atoms with Crippen LogP contribution in [0.3, 0.4) is 0 Å². The standard InChI is InChI=1S/C17H20N6/c1-2-15-21-14-11-20-17-13(4-8-19-17)16(14)23(15)22-9-5-12(3-7-18)6-10-22/h4,8,11-12H,2-3,5-6,9-10H2,1H3,(H,19,20). The zero-order valence-electron chi connectivity index (χ0n) is 13.3. The number of hydrogen-bond acceptors (Lipinski definition) is 4. The number of aromatic nitrogens is 4. The number of fused-ring (bicyclic) bond motifs is 3. The highest BCUT2D eigenvalue weighted by atomic mass is 15.6. The van der Waals surface area contributed by atoms with E-state index in [4.69, 9.17) is 10.2 Å². The molecule has 3 aromatic heterocycles. The molecule has 0 atom stereocenters. The number of nitriles is 1. The van der Waals surface area contributed by atoms with Crippen LogP contribution in [0.4, 0.5) is 0 Å². The van der Waals surface area contributed by atoms with E-state index in [2.05, 4.69) is 38.7 Å². The lowest BCUT2D eigenvalue weighted by Gasteiger charge is -2.34. The molecule has 4 rings (SSSR count). The minimum Gasteiger partial charge on any atom is -0.346 e. The summed E-state index contributed by atoms with van der Waals surface area (Å²) in [5.41, 5.74) is 3.00. The van der Waals surface area contributed by atoms with E-state index in [9.17, 15) is 0 Å². The van der Waals surface area contributed by atoms with Crippen molar-refractivity contribution >= 4 is 22.1 Å². The molecule has 0 aliphatic carbocycles. The molecule has 0 radical (unpaired) electrons. The number of aryl methyl sites for hydroxylation is 1. The number of nitrogens with zero attached hydrogens (tertiary/aromatic N) is 5. The fraction of sp³-hybridized carbons (Fsp3) is 0.471. The maximum Gasteiger partial charge on any atom is 0.139 e. The Kier molecular flexibility index (Phi) is 3.41. The number of pyridine rings is 1. The quantitative estimate of drug-likeness (QED) is 0.807. The van der Waals surface area contributed by atoms with E-state index in [1.165, 1.54) is 0 Å². The van der Waals surface area contributed by atoms with Crippen LogP contribution in [0.2, 0.25) is 0 Å². The average Bonchev–Trinajstić information content (AvgIpc) is 3.19. The molecule has 0 spiro atoms. The number of imidazole rings is 1. The summed E-state index contributed by atoms with van der Waals surface area (Å²) in [4.78, 5) is 12.4.